The van der Waals surface area contributed by atoms with Crippen molar-refractivity contribution in [3.63, 3.8) is 0 Å². The minimum absolute atomic E-state index is 0.0278. The van der Waals surface area contributed by atoms with Gasteiger partial charge >= 0.3 is 0 Å². The highest BCUT2D eigenvalue weighted by Gasteiger charge is 2.07. The van der Waals surface area contributed by atoms with E-state index in [1.165, 1.54) is 0 Å². The van der Waals surface area contributed by atoms with Crippen LogP contribution >= 0.6 is 0 Å². The summed E-state index contributed by atoms with van der Waals surface area (Å²) >= 11 is 0. The Kier molecular flexibility index (Phi) is 3.83. The van der Waals surface area contributed by atoms with Crippen molar-refractivity contribution in [2.45, 2.75) is 33.0 Å². The van der Waals surface area contributed by atoms with Crippen molar-refractivity contribution in [1.82, 2.24) is 0 Å². The molecule has 8 heavy (non-hydrogen) atoms. The summed E-state index contributed by atoms with van der Waals surface area (Å²) in [7, 11) is 0. The molecule has 1 atom stereocenters. The van der Waals surface area contributed by atoms with Crippen LogP contribution in [0.15, 0.2) is 0 Å². The Morgan fingerprint density at radius 3 is 2.00 bits per heavy atom. The summed E-state index contributed by atoms with van der Waals surface area (Å²) in [4.78, 5) is 0. The molecule has 0 aliphatic rings. The predicted molar refractivity (Wildman–Crippen MR) is 32.3 cm³/mol. The maximum Gasteiger partial charge on any atom is 0.154 e. The molecule has 50 valence electrons. The molecule has 0 amide bonds. The third-order valence-corrected chi connectivity index (χ3v) is 1.25. The van der Waals surface area contributed by atoms with E-state index in [0.717, 1.165) is 12.8 Å². The van der Waals surface area contributed by atoms with Crippen molar-refractivity contribution in [2.75, 3.05) is 0 Å². The van der Waals surface area contributed by atoms with Gasteiger partial charge in [-0.1, -0.05) is 20.3 Å². The van der Waals surface area contributed by atoms with E-state index < -0.39 is 6.29 Å². The summed E-state index contributed by atoms with van der Waals surface area (Å²) < 4.78 is 0. The second-order valence-electron chi connectivity index (χ2n) is 2.18. The van der Waals surface area contributed by atoms with E-state index in [2.05, 4.69) is 0 Å². The Morgan fingerprint density at radius 1 is 1.38 bits per heavy atom. The first-order valence-corrected chi connectivity index (χ1v) is 3.04. The lowest BCUT2D eigenvalue weighted by Gasteiger charge is -2.10. The van der Waals surface area contributed by atoms with E-state index in [1.807, 2.05) is 13.8 Å². The molecule has 2 N–H and O–H groups in total. The minimum atomic E-state index is -1.13. The average molecular weight is 118 g/mol. The summed E-state index contributed by atoms with van der Waals surface area (Å²) in [6.07, 6.45) is 0.770. The van der Waals surface area contributed by atoms with Crippen LogP contribution < -0.4 is 0 Å². The first kappa shape index (κ1) is 7.92. The zero-order valence-electron chi connectivity index (χ0n) is 5.46. The highest BCUT2D eigenvalue weighted by Crippen LogP contribution is 2.06. The van der Waals surface area contributed by atoms with Crippen molar-refractivity contribution in [2.24, 2.45) is 5.92 Å². The van der Waals surface area contributed by atoms with Crippen LogP contribution in [-0.4, -0.2) is 16.5 Å². The molecule has 0 aromatic rings. The van der Waals surface area contributed by atoms with Crippen molar-refractivity contribution < 1.29 is 10.2 Å². The lowest BCUT2D eigenvalue weighted by molar-refractivity contribution is -0.0804. The van der Waals surface area contributed by atoms with Crippen LogP contribution in [0.3, 0.4) is 0 Å². The number of hydrogen-bond acceptors (Lipinski definition) is 2. The van der Waals surface area contributed by atoms with Gasteiger partial charge < -0.3 is 10.2 Å². The standard InChI is InChI=1S/C6H14O2/c1-3-4-5(2)6(7)8/h5-8H,3-4H2,1-2H3/t5-/m0/s1. The quantitative estimate of drug-likeness (QED) is 0.536. The summed E-state index contributed by atoms with van der Waals surface area (Å²) in [6, 6.07) is 0. The highest BCUT2D eigenvalue weighted by molar-refractivity contribution is 4.50. The zero-order chi connectivity index (χ0) is 6.57. The fourth-order valence-electron chi connectivity index (χ4n) is 0.604. The van der Waals surface area contributed by atoms with Gasteiger partial charge in [-0.05, 0) is 6.42 Å². The van der Waals surface area contributed by atoms with Gasteiger partial charge in [0.1, 0.15) is 0 Å². The van der Waals surface area contributed by atoms with E-state index in [0.29, 0.717) is 0 Å². The molecule has 0 radical (unpaired) electrons. The molecule has 0 bridgehead atoms. The largest absolute Gasteiger partial charge is 0.368 e. The van der Waals surface area contributed by atoms with E-state index in [-0.39, 0.29) is 5.92 Å². The molecule has 0 aliphatic heterocycles. The van der Waals surface area contributed by atoms with Crippen LogP contribution in [0.4, 0.5) is 0 Å². The van der Waals surface area contributed by atoms with Crippen LogP contribution in [0.5, 0.6) is 0 Å². The van der Waals surface area contributed by atoms with E-state index >= 15 is 0 Å². The molecule has 0 saturated carbocycles. The number of aliphatic hydroxyl groups is 2. The molecular formula is C6H14O2. The van der Waals surface area contributed by atoms with E-state index in [4.69, 9.17) is 10.2 Å². The van der Waals surface area contributed by atoms with Crippen molar-refractivity contribution in [1.29, 1.82) is 0 Å². The molecule has 2 heteroatoms. The van der Waals surface area contributed by atoms with Crippen LogP contribution in [0.1, 0.15) is 26.7 Å². The molecule has 0 heterocycles. The lowest BCUT2D eigenvalue weighted by atomic mass is 10.1. The third-order valence-electron chi connectivity index (χ3n) is 1.25. The number of rotatable bonds is 3. The van der Waals surface area contributed by atoms with Crippen LogP contribution in [0, 0.1) is 5.92 Å². The van der Waals surface area contributed by atoms with Gasteiger partial charge in [-0.2, -0.15) is 0 Å². The second kappa shape index (κ2) is 3.87. The maximum absolute atomic E-state index is 8.51. The summed E-state index contributed by atoms with van der Waals surface area (Å²) in [5.74, 6) is 0.0278. The first-order chi connectivity index (χ1) is 3.68. The molecule has 0 fully saturated rings. The fourth-order valence-corrected chi connectivity index (χ4v) is 0.604. The summed E-state index contributed by atoms with van der Waals surface area (Å²) in [5.41, 5.74) is 0. The van der Waals surface area contributed by atoms with Gasteiger partial charge in [0.25, 0.3) is 0 Å². The smallest absolute Gasteiger partial charge is 0.154 e. The molecule has 2 nitrogen and oxygen atoms in total. The van der Waals surface area contributed by atoms with Crippen LogP contribution in [0.25, 0.3) is 0 Å². The second-order valence-corrected chi connectivity index (χ2v) is 2.18. The Labute approximate surface area is 50.2 Å². The van der Waals surface area contributed by atoms with Crippen LogP contribution in [0.2, 0.25) is 0 Å². The van der Waals surface area contributed by atoms with Crippen molar-refractivity contribution >= 4 is 0 Å². The third kappa shape index (κ3) is 2.99. The van der Waals surface area contributed by atoms with Gasteiger partial charge in [0.15, 0.2) is 6.29 Å². The van der Waals surface area contributed by atoms with Gasteiger partial charge in [0.2, 0.25) is 0 Å². The van der Waals surface area contributed by atoms with Gasteiger partial charge in [-0.25, -0.2) is 0 Å². The monoisotopic (exact) mass is 118 g/mol. The van der Waals surface area contributed by atoms with Crippen molar-refractivity contribution in [3.05, 3.63) is 0 Å². The van der Waals surface area contributed by atoms with Crippen molar-refractivity contribution in [3.8, 4) is 0 Å². The van der Waals surface area contributed by atoms with Gasteiger partial charge in [0.05, 0.1) is 0 Å². The van der Waals surface area contributed by atoms with Gasteiger partial charge in [-0.15, -0.1) is 0 Å². The highest BCUT2D eigenvalue weighted by atomic mass is 16.5. The van der Waals surface area contributed by atoms with E-state index in [1.54, 1.807) is 0 Å². The summed E-state index contributed by atoms with van der Waals surface area (Å²) in [6.45, 7) is 3.85. The SMILES string of the molecule is CCC[C@H](C)C(O)O. The molecule has 0 aromatic carbocycles. The molecule has 0 unspecified atom stereocenters. The maximum atomic E-state index is 8.51. The van der Waals surface area contributed by atoms with Gasteiger partial charge in [0, 0.05) is 5.92 Å². The predicted octanol–water partition coefficient (Wildman–Crippen LogP) is 0.733. The van der Waals surface area contributed by atoms with Gasteiger partial charge in [-0.3, -0.25) is 0 Å². The topological polar surface area (TPSA) is 40.5 Å². The Morgan fingerprint density at radius 2 is 1.88 bits per heavy atom. The average Bonchev–Trinajstić information content (AvgIpc) is 1.67. The fraction of sp³-hybridized carbons (Fsp3) is 1.00. The Balaban J connectivity index is 3.17. The molecule has 0 spiro atoms. The number of hydrogen-bond donors (Lipinski definition) is 2. The van der Waals surface area contributed by atoms with E-state index in [9.17, 15) is 0 Å². The first-order valence-electron chi connectivity index (χ1n) is 3.04. The molecule has 0 saturated heterocycles. The summed E-state index contributed by atoms with van der Waals surface area (Å²) in [5, 5.41) is 17.0. The molecule has 0 aromatic heterocycles. The number of aliphatic hydroxyl groups excluding tert-OH is 1. The van der Waals surface area contributed by atoms with Crippen LogP contribution in [-0.2, 0) is 0 Å². The Bertz CT molecular complexity index is 52.5. The lowest BCUT2D eigenvalue weighted by Crippen LogP contribution is -2.15. The normalized spacial score (nSPS) is 14.6. The minimum Gasteiger partial charge on any atom is -0.368 e. The molecule has 0 rings (SSSR count). The Hall–Kier alpha value is -0.0800. The molecular weight excluding hydrogens is 104 g/mol. The zero-order valence-corrected chi connectivity index (χ0v) is 5.46. The molecule has 0 aliphatic carbocycles.